The van der Waals surface area contributed by atoms with Crippen molar-refractivity contribution in [2.45, 2.75) is 50.1 Å². The van der Waals surface area contributed by atoms with Crippen LogP contribution in [0.5, 0.6) is 0 Å². The van der Waals surface area contributed by atoms with E-state index in [1.54, 1.807) is 0 Å². The summed E-state index contributed by atoms with van der Waals surface area (Å²) in [6.07, 6.45) is 6.60. The number of hydrogen-bond acceptors (Lipinski definition) is 3. The summed E-state index contributed by atoms with van der Waals surface area (Å²) in [5, 5.41) is 6.07. The Kier molecular flexibility index (Phi) is 3.80. The van der Waals surface area contributed by atoms with Gasteiger partial charge in [0.1, 0.15) is 11.6 Å². The van der Waals surface area contributed by atoms with Gasteiger partial charge in [-0.1, -0.05) is 24.0 Å². The molecule has 176 valence electrons. The van der Waals surface area contributed by atoms with Crippen LogP contribution in [0.15, 0.2) is 48.5 Å². The fourth-order valence-corrected chi connectivity index (χ4v) is 6.98. The van der Waals surface area contributed by atoms with Crippen LogP contribution in [0.2, 0.25) is 0 Å². The first kappa shape index (κ1) is 19.6. The summed E-state index contributed by atoms with van der Waals surface area (Å²) in [7, 11) is 0. The zero-order valence-corrected chi connectivity index (χ0v) is 20.0. The summed E-state index contributed by atoms with van der Waals surface area (Å²) < 4.78 is 0. The van der Waals surface area contributed by atoms with Gasteiger partial charge in [-0.25, -0.2) is 9.97 Å². The predicted molar refractivity (Wildman–Crippen MR) is 142 cm³/mol. The number of benzene rings is 3. The SMILES string of the molecule is C(#Cc1ccc2nc(C3C[C@@H]4C[C@@H]4C3)[nH]c2c1)c1ccc2c(ccc3[nH]c([C@@H]4C[C@H]5C[C@H]5N4)nc32)c1. The fraction of sp³-hybridized carbons (Fsp3) is 0.355. The van der Waals surface area contributed by atoms with E-state index in [1.807, 2.05) is 0 Å². The van der Waals surface area contributed by atoms with Gasteiger partial charge in [0.25, 0.3) is 0 Å². The van der Waals surface area contributed by atoms with Gasteiger partial charge in [-0.2, -0.15) is 0 Å². The minimum atomic E-state index is 0.369. The van der Waals surface area contributed by atoms with E-state index < -0.39 is 0 Å². The van der Waals surface area contributed by atoms with Crippen LogP contribution < -0.4 is 5.32 Å². The average Bonchev–Trinajstić information content (AvgIpc) is 3.50. The second kappa shape index (κ2) is 6.99. The van der Waals surface area contributed by atoms with Crippen LogP contribution in [-0.2, 0) is 0 Å². The largest absolute Gasteiger partial charge is 0.342 e. The van der Waals surface area contributed by atoms with Crippen LogP contribution in [0.25, 0.3) is 32.8 Å². The average molecular weight is 470 g/mol. The van der Waals surface area contributed by atoms with Crippen molar-refractivity contribution in [2.24, 2.45) is 17.8 Å². The van der Waals surface area contributed by atoms with Crippen molar-refractivity contribution in [3.63, 3.8) is 0 Å². The highest BCUT2D eigenvalue weighted by Gasteiger charge is 2.47. The number of hydrogen-bond donors (Lipinski definition) is 3. The van der Waals surface area contributed by atoms with Gasteiger partial charge in [-0.3, -0.25) is 0 Å². The molecule has 1 saturated heterocycles. The molecule has 2 aromatic heterocycles. The Morgan fingerprint density at radius 1 is 0.694 bits per heavy atom. The van der Waals surface area contributed by atoms with Gasteiger partial charge in [0, 0.05) is 28.5 Å². The number of rotatable bonds is 2. The maximum absolute atomic E-state index is 5.00. The van der Waals surface area contributed by atoms with E-state index in [4.69, 9.17) is 9.97 Å². The summed E-state index contributed by atoms with van der Waals surface area (Å²) in [6, 6.07) is 18.2. The molecule has 5 heteroatoms. The third kappa shape index (κ3) is 3.07. The van der Waals surface area contributed by atoms with E-state index in [0.29, 0.717) is 12.0 Å². The fourth-order valence-electron chi connectivity index (χ4n) is 6.98. The second-order valence-corrected chi connectivity index (χ2v) is 11.6. The molecular formula is C31H27N5. The van der Waals surface area contributed by atoms with Crippen molar-refractivity contribution < 1.29 is 0 Å². The number of imidazole rings is 2. The van der Waals surface area contributed by atoms with Crippen molar-refractivity contribution in [3.05, 3.63) is 71.3 Å². The second-order valence-electron chi connectivity index (χ2n) is 11.6. The van der Waals surface area contributed by atoms with Crippen molar-refractivity contribution in [1.29, 1.82) is 0 Å². The number of fused-ring (bicyclic) bond motifs is 6. The van der Waals surface area contributed by atoms with E-state index in [-0.39, 0.29) is 0 Å². The van der Waals surface area contributed by atoms with E-state index in [9.17, 15) is 0 Å². The van der Waals surface area contributed by atoms with Crippen LogP contribution in [0.4, 0.5) is 0 Å². The van der Waals surface area contributed by atoms with Crippen LogP contribution in [0.1, 0.15) is 66.8 Å². The molecular weight excluding hydrogens is 442 g/mol. The molecule has 0 amide bonds. The monoisotopic (exact) mass is 469 g/mol. The van der Waals surface area contributed by atoms with Crippen molar-refractivity contribution in [2.75, 3.05) is 0 Å². The molecule has 4 fully saturated rings. The summed E-state index contributed by atoms with van der Waals surface area (Å²) in [6.45, 7) is 0. The normalized spacial score (nSPS) is 29.9. The zero-order valence-electron chi connectivity index (χ0n) is 20.0. The predicted octanol–water partition coefficient (Wildman–Crippen LogP) is 5.93. The third-order valence-corrected chi connectivity index (χ3v) is 9.17. The Bertz CT molecular complexity index is 1740. The minimum absolute atomic E-state index is 0.369. The van der Waals surface area contributed by atoms with Crippen LogP contribution >= 0.6 is 0 Å². The number of aromatic nitrogens is 4. The highest BCUT2D eigenvalue weighted by molar-refractivity contribution is 6.04. The lowest BCUT2D eigenvalue weighted by atomic mass is 10.0. The Morgan fingerprint density at radius 2 is 1.53 bits per heavy atom. The summed E-state index contributed by atoms with van der Waals surface area (Å²) in [5.74, 6) is 12.4. The maximum atomic E-state index is 5.00. The minimum Gasteiger partial charge on any atom is -0.342 e. The van der Waals surface area contributed by atoms with E-state index in [0.717, 1.165) is 62.8 Å². The molecule has 4 aliphatic rings. The number of nitrogens with zero attached hydrogens (tertiary/aromatic N) is 2. The van der Waals surface area contributed by atoms with Gasteiger partial charge >= 0.3 is 0 Å². The number of nitrogens with one attached hydrogen (secondary N) is 3. The van der Waals surface area contributed by atoms with Crippen molar-refractivity contribution >= 4 is 32.8 Å². The van der Waals surface area contributed by atoms with E-state index in [1.165, 1.54) is 48.7 Å². The summed E-state index contributed by atoms with van der Waals surface area (Å²) in [5.41, 5.74) is 6.35. The van der Waals surface area contributed by atoms with Crippen molar-refractivity contribution in [3.8, 4) is 11.8 Å². The van der Waals surface area contributed by atoms with Gasteiger partial charge in [0.2, 0.25) is 0 Å². The molecule has 3 heterocycles. The molecule has 36 heavy (non-hydrogen) atoms. The Balaban J connectivity index is 1.01. The Morgan fingerprint density at radius 3 is 2.39 bits per heavy atom. The molecule has 1 unspecified atom stereocenters. The highest BCUT2D eigenvalue weighted by Crippen LogP contribution is 2.57. The lowest BCUT2D eigenvalue weighted by molar-refractivity contribution is 0.544. The van der Waals surface area contributed by atoms with Gasteiger partial charge in [-0.15, -0.1) is 0 Å². The van der Waals surface area contributed by atoms with Gasteiger partial charge in [0.05, 0.1) is 28.1 Å². The topological polar surface area (TPSA) is 69.4 Å². The molecule has 6 atom stereocenters. The van der Waals surface area contributed by atoms with E-state index >= 15 is 0 Å². The first-order valence-corrected chi connectivity index (χ1v) is 13.4. The summed E-state index contributed by atoms with van der Waals surface area (Å²) >= 11 is 0. The molecule has 5 nitrogen and oxygen atoms in total. The quantitative estimate of drug-likeness (QED) is 0.281. The molecule has 5 aromatic rings. The molecule has 1 aliphatic heterocycles. The molecule has 0 spiro atoms. The van der Waals surface area contributed by atoms with Gasteiger partial charge < -0.3 is 15.3 Å². The van der Waals surface area contributed by atoms with Crippen LogP contribution in [0, 0.1) is 29.6 Å². The smallest absolute Gasteiger partial charge is 0.124 e. The molecule has 0 bridgehead atoms. The molecule has 3 saturated carbocycles. The summed E-state index contributed by atoms with van der Waals surface area (Å²) in [4.78, 5) is 17.0. The number of piperidine rings is 1. The first-order valence-electron chi connectivity index (χ1n) is 13.4. The third-order valence-electron chi connectivity index (χ3n) is 9.17. The van der Waals surface area contributed by atoms with Gasteiger partial charge in [0.15, 0.2) is 0 Å². The lowest BCUT2D eigenvalue weighted by Gasteiger charge is -2.08. The first-order chi connectivity index (χ1) is 17.7. The Hall–Kier alpha value is -3.62. The molecule has 0 radical (unpaired) electrons. The highest BCUT2D eigenvalue weighted by atomic mass is 15.1. The zero-order chi connectivity index (χ0) is 23.4. The molecule has 3 N–H and O–H groups in total. The molecule has 3 aromatic carbocycles. The number of H-pyrrole nitrogens is 2. The van der Waals surface area contributed by atoms with Crippen LogP contribution in [0.3, 0.4) is 0 Å². The van der Waals surface area contributed by atoms with Crippen LogP contribution in [-0.4, -0.2) is 26.0 Å². The Labute approximate surface area is 209 Å². The lowest BCUT2D eigenvalue weighted by Crippen LogP contribution is -2.18. The maximum Gasteiger partial charge on any atom is 0.124 e. The molecule has 9 rings (SSSR count). The number of aromatic amines is 2. The standard InChI is InChI=1S/C31H27N5/c1(2-17-4-7-24-27(10-17)35-30(33-24)22-12-19-11-20(19)13-22)16-3-6-23-18(9-16)5-8-25-29(23)36-31(34-25)28-15-21-14-26(21)32-28/h3-10,19-22,26,28,32H,11-15H2,(H,33,35)(H,34,36)/t19-,20+,21-,22?,26-,28+/m1/s1. The molecule has 3 aliphatic carbocycles. The van der Waals surface area contributed by atoms with Gasteiger partial charge in [-0.05, 0) is 91.6 Å². The van der Waals surface area contributed by atoms with E-state index in [2.05, 4.69) is 75.7 Å². The van der Waals surface area contributed by atoms with Crippen molar-refractivity contribution in [1.82, 2.24) is 25.3 Å².